The summed E-state index contributed by atoms with van der Waals surface area (Å²) in [6.07, 6.45) is 9.37. The van der Waals surface area contributed by atoms with Crippen LogP contribution in [0, 0.1) is 5.92 Å². The Labute approximate surface area is 183 Å². The zero-order chi connectivity index (χ0) is 21.2. The molecule has 1 fully saturated rings. The first-order valence-electron chi connectivity index (χ1n) is 11.3. The summed E-state index contributed by atoms with van der Waals surface area (Å²) in [5, 5.41) is 7.98. The molecule has 1 aromatic carbocycles. The Morgan fingerprint density at radius 3 is 2.61 bits per heavy atom. The highest BCUT2D eigenvalue weighted by Crippen LogP contribution is 2.27. The highest BCUT2D eigenvalue weighted by molar-refractivity contribution is 5.76. The molecule has 0 unspecified atom stereocenters. The molecule has 4 heterocycles. The molecule has 6 nitrogen and oxygen atoms in total. The van der Waals surface area contributed by atoms with E-state index in [1.54, 1.807) is 0 Å². The van der Waals surface area contributed by atoms with Crippen molar-refractivity contribution in [1.82, 2.24) is 30.0 Å². The lowest BCUT2D eigenvalue weighted by molar-refractivity contribution is 0.460. The number of benzene rings is 1. The first-order chi connectivity index (χ1) is 15.1. The van der Waals surface area contributed by atoms with Crippen molar-refractivity contribution in [1.29, 1.82) is 0 Å². The first kappa shape index (κ1) is 19.9. The summed E-state index contributed by atoms with van der Waals surface area (Å²) in [5.41, 5.74) is 6.69. The van der Waals surface area contributed by atoms with E-state index in [0.29, 0.717) is 11.8 Å². The predicted octanol–water partition coefficient (Wildman–Crippen LogP) is 4.54. The van der Waals surface area contributed by atoms with E-state index in [1.165, 1.54) is 29.5 Å². The third-order valence-electron chi connectivity index (χ3n) is 6.09. The minimum atomic E-state index is 0.583. The van der Waals surface area contributed by atoms with Crippen LogP contribution in [0.5, 0.6) is 0 Å². The number of aromatic amines is 1. The van der Waals surface area contributed by atoms with E-state index < -0.39 is 0 Å². The molecular weight excluding hydrogens is 384 g/mol. The van der Waals surface area contributed by atoms with Gasteiger partial charge in [-0.2, -0.15) is 5.10 Å². The lowest BCUT2D eigenvalue weighted by Crippen LogP contribution is -2.26. The van der Waals surface area contributed by atoms with Gasteiger partial charge in [0.1, 0.15) is 5.82 Å². The number of fused-ring (bicyclic) bond motifs is 1. The van der Waals surface area contributed by atoms with Crippen LogP contribution in [0.15, 0.2) is 48.9 Å². The van der Waals surface area contributed by atoms with Crippen LogP contribution in [-0.4, -0.2) is 37.8 Å². The molecule has 2 N–H and O–H groups in total. The van der Waals surface area contributed by atoms with Crippen LogP contribution in [0.3, 0.4) is 0 Å². The van der Waals surface area contributed by atoms with E-state index in [1.807, 2.05) is 23.3 Å². The normalized spacial score (nSPS) is 15.2. The van der Waals surface area contributed by atoms with Crippen LogP contribution in [0.1, 0.15) is 49.3 Å². The summed E-state index contributed by atoms with van der Waals surface area (Å²) in [5.74, 6) is 2.08. The third-order valence-corrected chi connectivity index (χ3v) is 6.09. The van der Waals surface area contributed by atoms with Gasteiger partial charge in [-0.25, -0.2) is 9.97 Å². The average Bonchev–Trinajstić information content (AvgIpc) is 3.41. The number of hydrogen-bond acceptors (Lipinski definition) is 4. The van der Waals surface area contributed by atoms with Crippen molar-refractivity contribution in [3.63, 3.8) is 0 Å². The zero-order valence-corrected chi connectivity index (χ0v) is 18.3. The van der Waals surface area contributed by atoms with E-state index in [9.17, 15) is 0 Å². The van der Waals surface area contributed by atoms with Gasteiger partial charge in [0.25, 0.3) is 0 Å². The summed E-state index contributed by atoms with van der Waals surface area (Å²) in [4.78, 5) is 12.8. The number of imidazole rings is 1. The maximum absolute atomic E-state index is 4.70. The molecule has 0 amide bonds. The number of pyridine rings is 1. The van der Waals surface area contributed by atoms with Crippen LogP contribution in [0.2, 0.25) is 0 Å². The molecule has 0 saturated carbocycles. The Bertz CT molecular complexity index is 1150. The van der Waals surface area contributed by atoms with Crippen LogP contribution in [0.4, 0.5) is 0 Å². The number of nitrogens with zero attached hydrogens (tertiary/aromatic N) is 4. The molecule has 5 rings (SSSR count). The number of H-pyrrole nitrogens is 1. The Balaban J connectivity index is 1.31. The smallest absolute Gasteiger partial charge is 0.178 e. The summed E-state index contributed by atoms with van der Waals surface area (Å²) >= 11 is 0. The van der Waals surface area contributed by atoms with Gasteiger partial charge in [-0.3, -0.25) is 4.68 Å². The number of nitrogens with one attached hydrogen (secondary N) is 2. The largest absolute Gasteiger partial charge is 0.336 e. The fourth-order valence-corrected chi connectivity index (χ4v) is 4.44. The van der Waals surface area contributed by atoms with E-state index >= 15 is 0 Å². The SMILES string of the molecule is CC(C)Cc1ccc(Cn2cc(-c3nc4ncc(C5CCNCC5)cc4[nH]3)cn2)cc1. The van der Waals surface area contributed by atoms with Gasteiger partial charge in [-0.15, -0.1) is 0 Å². The molecular formula is C25H30N6. The molecule has 6 heteroatoms. The van der Waals surface area contributed by atoms with Gasteiger partial charge in [0.05, 0.1) is 23.8 Å². The van der Waals surface area contributed by atoms with Crippen molar-refractivity contribution in [2.45, 2.75) is 45.6 Å². The molecule has 160 valence electrons. The van der Waals surface area contributed by atoms with Crippen molar-refractivity contribution in [2.24, 2.45) is 5.92 Å². The minimum Gasteiger partial charge on any atom is -0.336 e. The quantitative estimate of drug-likeness (QED) is 0.486. The molecule has 4 aromatic rings. The van der Waals surface area contributed by atoms with Gasteiger partial charge in [-0.1, -0.05) is 38.1 Å². The van der Waals surface area contributed by atoms with Crippen molar-refractivity contribution < 1.29 is 0 Å². The van der Waals surface area contributed by atoms with Gasteiger partial charge in [-0.05, 0) is 66.9 Å². The third kappa shape index (κ3) is 4.54. The number of hydrogen-bond donors (Lipinski definition) is 2. The topological polar surface area (TPSA) is 71.4 Å². The van der Waals surface area contributed by atoms with E-state index in [2.05, 4.69) is 64.6 Å². The molecule has 0 radical (unpaired) electrons. The fourth-order valence-electron chi connectivity index (χ4n) is 4.44. The Kier molecular flexibility index (Phi) is 5.55. The Morgan fingerprint density at radius 2 is 1.84 bits per heavy atom. The lowest BCUT2D eigenvalue weighted by atomic mass is 9.91. The summed E-state index contributed by atoms with van der Waals surface area (Å²) < 4.78 is 1.97. The Hall–Kier alpha value is -2.99. The zero-order valence-electron chi connectivity index (χ0n) is 18.3. The number of piperidine rings is 1. The van der Waals surface area contributed by atoms with Gasteiger partial charge >= 0.3 is 0 Å². The number of aromatic nitrogens is 5. The lowest BCUT2D eigenvalue weighted by Gasteiger charge is -2.22. The molecule has 1 saturated heterocycles. The van der Waals surface area contributed by atoms with Gasteiger partial charge in [0, 0.05) is 12.4 Å². The molecule has 0 bridgehead atoms. The standard InChI is InChI=1S/C25H30N6/c1-17(2)11-18-3-5-19(6-4-18)15-31-16-22(14-28-31)24-29-23-12-21(13-27-25(23)30-24)20-7-9-26-10-8-20/h3-6,12-14,16-17,20,26H,7-11,15H2,1-2H3,(H,27,29,30). The molecule has 1 aliphatic rings. The van der Waals surface area contributed by atoms with Gasteiger partial charge in [0.15, 0.2) is 5.65 Å². The van der Waals surface area contributed by atoms with Gasteiger partial charge < -0.3 is 10.3 Å². The van der Waals surface area contributed by atoms with Crippen molar-refractivity contribution in [2.75, 3.05) is 13.1 Å². The maximum atomic E-state index is 4.70. The summed E-state index contributed by atoms with van der Waals surface area (Å²) in [7, 11) is 0. The molecule has 0 atom stereocenters. The highest BCUT2D eigenvalue weighted by atomic mass is 15.3. The van der Waals surface area contributed by atoms with Crippen LogP contribution in [-0.2, 0) is 13.0 Å². The monoisotopic (exact) mass is 414 g/mol. The molecule has 3 aromatic heterocycles. The van der Waals surface area contributed by atoms with Crippen molar-refractivity contribution >= 4 is 11.2 Å². The highest BCUT2D eigenvalue weighted by Gasteiger charge is 2.17. The molecule has 0 spiro atoms. The van der Waals surface area contributed by atoms with Crippen molar-refractivity contribution in [3.05, 3.63) is 65.6 Å². The van der Waals surface area contributed by atoms with Gasteiger partial charge in [0.2, 0.25) is 0 Å². The van der Waals surface area contributed by atoms with E-state index in [0.717, 1.165) is 48.6 Å². The second kappa shape index (κ2) is 8.63. The first-order valence-corrected chi connectivity index (χ1v) is 11.3. The Morgan fingerprint density at radius 1 is 1.06 bits per heavy atom. The van der Waals surface area contributed by atoms with E-state index in [4.69, 9.17) is 4.98 Å². The van der Waals surface area contributed by atoms with Crippen LogP contribution >= 0.6 is 0 Å². The second-order valence-corrected chi connectivity index (χ2v) is 9.09. The fraction of sp³-hybridized carbons (Fsp3) is 0.400. The van der Waals surface area contributed by atoms with E-state index in [-0.39, 0.29) is 0 Å². The summed E-state index contributed by atoms with van der Waals surface area (Å²) in [6, 6.07) is 11.1. The average molecular weight is 415 g/mol. The molecule has 31 heavy (non-hydrogen) atoms. The molecule has 0 aliphatic carbocycles. The number of rotatable bonds is 6. The van der Waals surface area contributed by atoms with Crippen LogP contribution < -0.4 is 5.32 Å². The predicted molar refractivity (Wildman–Crippen MR) is 124 cm³/mol. The maximum Gasteiger partial charge on any atom is 0.178 e. The summed E-state index contributed by atoms with van der Waals surface area (Å²) in [6.45, 7) is 7.41. The van der Waals surface area contributed by atoms with Crippen LogP contribution in [0.25, 0.3) is 22.6 Å². The minimum absolute atomic E-state index is 0.583. The molecule has 1 aliphatic heterocycles. The second-order valence-electron chi connectivity index (χ2n) is 9.09. The van der Waals surface area contributed by atoms with Crippen molar-refractivity contribution in [3.8, 4) is 11.4 Å².